The van der Waals surface area contributed by atoms with E-state index in [1.54, 1.807) is 18.3 Å². The fourth-order valence-corrected chi connectivity index (χ4v) is 4.25. The predicted molar refractivity (Wildman–Crippen MR) is 116 cm³/mol. The van der Waals surface area contributed by atoms with Gasteiger partial charge in [-0.2, -0.15) is 5.26 Å². The number of aryl methyl sites for hydroxylation is 3. The molecule has 2 aromatic carbocycles. The third kappa shape index (κ3) is 4.76. The van der Waals surface area contributed by atoms with Crippen molar-refractivity contribution in [2.45, 2.75) is 32.3 Å². The summed E-state index contributed by atoms with van der Waals surface area (Å²) in [5, 5.41) is 9.51. The average molecular weight is 419 g/mol. The van der Waals surface area contributed by atoms with Gasteiger partial charge in [0.15, 0.2) is 0 Å². The summed E-state index contributed by atoms with van der Waals surface area (Å²) in [5.41, 5.74) is 4.09. The van der Waals surface area contributed by atoms with Gasteiger partial charge in [0, 0.05) is 6.20 Å². The quantitative estimate of drug-likeness (QED) is 0.531. The summed E-state index contributed by atoms with van der Waals surface area (Å²) >= 11 is 0. The minimum atomic E-state index is -3.89. The molecule has 0 fully saturated rings. The molecule has 1 heterocycles. The second-order valence-corrected chi connectivity index (χ2v) is 8.95. The molecule has 6 heteroatoms. The Morgan fingerprint density at radius 3 is 2.30 bits per heavy atom. The van der Waals surface area contributed by atoms with Crippen LogP contribution in [-0.2, 0) is 16.4 Å². The van der Waals surface area contributed by atoms with E-state index in [0.717, 1.165) is 28.1 Å². The lowest BCUT2D eigenvalue weighted by Gasteiger charge is -2.13. The van der Waals surface area contributed by atoms with Gasteiger partial charge in [0.1, 0.15) is 23.3 Å². The zero-order valence-electron chi connectivity index (χ0n) is 17.1. The molecule has 1 aromatic heterocycles. The van der Waals surface area contributed by atoms with Gasteiger partial charge in [0.2, 0.25) is 9.84 Å². The van der Waals surface area contributed by atoms with Gasteiger partial charge in [-0.05, 0) is 79.9 Å². The minimum Gasteiger partial charge on any atom is -0.487 e. The monoisotopic (exact) mass is 418 g/mol. The standard InChI is InChI=1S/C24H22N2O3S/c1-17-7-9-22(10-8-17)30(27,28)23(15-25)14-20-12-18(2)24(19(3)13-20)29-16-21-6-4-5-11-26-21/h4-14H,16H2,1-3H3/b23-14+. The van der Waals surface area contributed by atoms with Crippen LogP contribution in [0.4, 0.5) is 0 Å². The number of nitrogens with zero attached hydrogens (tertiary/aromatic N) is 2. The number of allylic oxidation sites excluding steroid dienone is 1. The van der Waals surface area contributed by atoms with E-state index in [9.17, 15) is 13.7 Å². The number of nitriles is 1. The van der Waals surface area contributed by atoms with Crippen molar-refractivity contribution in [3.05, 3.63) is 93.6 Å². The average Bonchev–Trinajstić information content (AvgIpc) is 2.72. The van der Waals surface area contributed by atoms with Crippen LogP contribution in [0.1, 0.15) is 27.9 Å². The molecule has 0 amide bonds. The highest BCUT2D eigenvalue weighted by Crippen LogP contribution is 2.28. The van der Waals surface area contributed by atoms with Crippen molar-refractivity contribution in [1.29, 1.82) is 5.26 Å². The fourth-order valence-electron chi connectivity index (χ4n) is 3.09. The Labute approximate surface area is 177 Å². The van der Waals surface area contributed by atoms with E-state index in [-0.39, 0.29) is 9.80 Å². The topological polar surface area (TPSA) is 80.0 Å². The van der Waals surface area contributed by atoms with Crippen molar-refractivity contribution < 1.29 is 13.2 Å². The lowest BCUT2D eigenvalue weighted by Crippen LogP contribution is -2.04. The highest BCUT2D eigenvalue weighted by Gasteiger charge is 2.21. The second kappa shape index (κ2) is 8.93. The maximum absolute atomic E-state index is 12.9. The first-order valence-corrected chi connectivity index (χ1v) is 10.9. The van der Waals surface area contributed by atoms with E-state index in [4.69, 9.17) is 4.74 Å². The van der Waals surface area contributed by atoms with Crippen LogP contribution < -0.4 is 4.74 Å². The van der Waals surface area contributed by atoms with Gasteiger partial charge in [0.25, 0.3) is 0 Å². The number of benzene rings is 2. The Kier molecular flexibility index (Phi) is 6.34. The van der Waals surface area contributed by atoms with Crippen LogP contribution in [0.5, 0.6) is 5.75 Å². The van der Waals surface area contributed by atoms with Crippen molar-refractivity contribution >= 4 is 15.9 Å². The summed E-state index contributed by atoms with van der Waals surface area (Å²) < 4.78 is 31.6. The number of sulfone groups is 1. The summed E-state index contributed by atoms with van der Waals surface area (Å²) in [6, 6.07) is 17.5. The largest absolute Gasteiger partial charge is 0.487 e. The first-order chi connectivity index (χ1) is 14.3. The van der Waals surface area contributed by atoms with Crippen LogP contribution in [0.2, 0.25) is 0 Å². The van der Waals surface area contributed by atoms with Gasteiger partial charge in [0.05, 0.1) is 10.6 Å². The number of rotatable bonds is 6. The van der Waals surface area contributed by atoms with E-state index in [0.29, 0.717) is 12.2 Å². The van der Waals surface area contributed by atoms with Crippen LogP contribution in [0.15, 0.2) is 70.6 Å². The molecule has 152 valence electrons. The maximum Gasteiger partial charge on any atom is 0.216 e. The Morgan fingerprint density at radius 1 is 1.07 bits per heavy atom. The number of hydrogen-bond donors (Lipinski definition) is 0. The van der Waals surface area contributed by atoms with Crippen molar-refractivity contribution in [2.24, 2.45) is 0 Å². The molecule has 0 atom stereocenters. The number of ether oxygens (including phenoxy) is 1. The van der Waals surface area contributed by atoms with Crippen LogP contribution in [0, 0.1) is 32.1 Å². The molecule has 0 radical (unpaired) electrons. The number of hydrogen-bond acceptors (Lipinski definition) is 5. The summed E-state index contributed by atoms with van der Waals surface area (Å²) in [4.78, 5) is 4.05. The van der Waals surface area contributed by atoms with Crippen molar-refractivity contribution in [1.82, 2.24) is 4.98 Å². The molecule has 0 unspecified atom stereocenters. The lowest BCUT2D eigenvalue weighted by molar-refractivity contribution is 0.297. The highest BCUT2D eigenvalue weighted by molar-refractivity contribution is 7.95. The van der Waals surface area contributed by atoms with Gasteiger partial charge in [-0.3, -0.25) is 4.98 Å². The third-order valence-electron chi connectivity index (χ3n) is 4.60. The zero-order valence-corrected chi connectivity index (χ0v) is 17.9. The number of aromatic nitrogens is 1. The maximum atomic E-state index is 12.9. The smallest absolute Gasteiger partial charge is 0.216 e. The Hall–Kier alpha value is -3.43. The van der Waals surface area contributed by atoms with Crippen LogP contribution in [0.3, 0.4) is 0 Å². The van der Waals surface area contributed by atoms with Crippen LogP contribution in [0.25, 0.3) is 6.08 Å². The Morgan fingerprint density at radius 2 is 1.73 bits per heavy atom. The third-order valence-corrected chi connectivity index (χ3v) is 6.28. The van der Waals surface area contributed by atoms with Gasteiger partial charge in [-0.25, -0.2) is 8.42 Å². The van der Waals surface area contributed by atoms with E-state index in [1.807, 2.05) is 57.2 Å². The first kappa shape index (κ1) is 21.3. The first-order valence-electron chi connectivity index (χ1n) is 9.39. The summed E-state index contributed by atoms with van der Waals surface area (Å²) in [6.45, 7) is 5.99. The summed E-state index contributed by atoms with van der Waals surface area (Å²) in [7, 11) is -3.89. The van der Waals surface area contributed by atoms with Crippen molar-refractivity contribution in [3.8, 4) is 11.8 Å². The van der Waals surface area contributed by atoms with Gasteiger partial charge in [-0.15, -0.1) is 0 Å². The minimum absolute atomic E-state index is 0.102. The van der Waals surface area contributed by atoms with Crippen molar-refractivity contribution in [3.63, 3.8) is 0 Å². The van der Waals surface area contributed by atoms with Gasteiger partial charge >= 0.3 is 0 Å². The molecule has 3 aromatic rings. The molecule has 0 N–H and O–H groups in total. The molecule has 30 heavy (non-hydrogen) atoms. The SMILES string of the molecule is Cc1ccc(S(=O)(=O)/C(C#N)=C/c2cc(C)c(OCc3ccccn3)c(C)c2)cc1. The number of pyridine rings is 1. The predicted octanol–water partition coefficient (Wildman–Crippen LogP) is 4.92. The molecular formula is C24H22N2O3S. The molecule has 0 saturated heterocycles. The Bertz CT molecular complexity index is 1200. The molecule has 5 nitrogen and oxygen atoms in total. The summed E-state index contributed by atoms with van der Waals surface area (Å²) in [5.74, 6) is 0.720. The lowest BCUT2D eigenvalue weighted by atomic mass is 10.1. The normalized spacial score (nSPS) is 11.7. The van der Waals surface area contributed by atoms with Crippen molar-refractivity contribution in [2.75, 3.05) is 0 Å². The fraction of sp³-hybridized carbons (Fsp3) is 0.167. The zero-order chi connectivity index (χ0) is 21.7. The molecule has 0 saturated carbocycles. The van der Waals surface area contributed by atoms with E-state index < -0.39 is 9.84 Å². The molecule has 0 aliphatic heterocycles. The molecule has 0 bridgehead atoms. The molecular weight excluding hydrogens is 396 g/mol. The van der Waals surface area contributed by atoms with E-state index >= 15 is 0 Å². The van der Waals surface area contributed by atoms with Crippen LogP contribution in [-0.4, -0.2) is 13.4 Å². The molecule has 0 spiro atoms. The molecule has 0 aliphatic carbocycles. The molecule has 0 aliphatic rings. The Balaban J connectivity index is 1.90. The molecule has 3 rings (SSSR count). The highest BCUT2D eigenvalue weighted by atomic mass is 32.2. The van der Waals surface area contributed by atoms with E-state index in [1.165, 1.54) is 18.2 Å². The summed E-state index contributed by atoms with van der Waals surface area (Å²) in [6.07, 6.45) is 3.11. The van der Waals surface area contributed by atoms with Crippen LogP contribution >= 0.6 is 0 Å². The second-order valence-electron chi connectivity index (χ2n) is 7.03. The van der Waals surface area contributed by atoms with E-state index in [2.05, 4.69) is 4.98 Å². The van der Waals surface area contributed by atoms with Gasteiger partial charge in [-0.1, -0.05) is 23.8 Å². The van der Waals surface area contributed by atoms with Gasteiger partial charge < -0.3 is 4.74 Å².